The molecule has 0 aromatic carbocycles. The predicted molar refractivity (Wildman–Crippen MR) is 58.9 cm³/mol. The smallest absolute Gasteiger partial charge is 0.326 e. The molecule has 4 nitrogen and oxygen atoms in total. The zero-order chi connectivity index (χ0) is 11.7. The lowest BCUT2D eigenvalue weighted by Crippen LogP contribution is -2.50. The minimum Gasteiger partial charge on any atom is -0.480 e. The largest absolute Gasteiger partial charge is 0.480 e. The molecule has 2 fully saturated rings. The Morgan fingerprint density at radius 2 is 1.94 bits per heavy atom. The lowest BCUT2D eigenvalue weighted by molar-refractivity contribution is -0.154. The first-order valence-corrected chi connectivity index (χ1v) is 6.14. The number of likely N-dealkylation sites (tertiary alicyclic amines) is 1. The summed E-state index contributed by atoms with van der Waals surface area (Å²) in [6.45, 7) is 2.56. The van der Waals surface area contributed by atoms with E-state index in [0.717, 1.165) is 25.7 Å². The second kappa shape index (κ2) is 4.44. The zero-order valence-electron chi connectivity index (χ0n) is 9.69. The number of amides is 1. The normalized spacial score (nSPS) is 27.6. The fourth-order valence-electron chi connectivity index (χ4n) is 2.51. The van der Waals surface area contributed by atoms with Crippen LogP contribution in [0.25, 0.3) is 0 Å². The highest BCUT2D eigenvalue weighted by molar-refractivity contribution is 5.85. The number of carbonyl (C=O) groups excluding carboxylic acids is 1. The summed E-state index contributed by atoms with van der Waals surface area (Å²) in [6, 6.07) is -0.581. The van der Waals surface area contributed by atoms with Gasteiger partial charge in [-0.3, -0.25) is 4.79 Å². The van der Waals surface area contributed by atoms with Gasteiger partial charge in [-0.15, -0.1) is 0 Å². The molecule has 1 saturated carbocycles. The zero-order valence-corrected chi connectivity index (χ0v) is 9.69. The Hall–Kier alpha value is -1.06. The molecule has 0 spiro atoms. The highest BCUT2D eigenvalue weighted by Gasteiger charge is 2.39. The van der Waals surface area contributed by atoms with Crippen molar-refractivity contribution in [1.82, 2.24) is 4.90 Å². The van der Waals surface area contributed by atoms with Crippen LogP contribution in [-0.2, 0) is 9.59 Å². The number of aliphatic carboxylic acids is 1. The SMILES string of the molecule is CC(C(=O)N1CCCC[C@@H]1C(=O)O)C1CC1. The molecule has 16 heavy (non-hydrogen) atoms. The Labute approximate surface area is 95.6 Å². The van der Waals surface area contributed by atoms with E-state index in [2.05, 4.69) is 0 Å². The molecular formula is C12H19NO3. The number of hydrogen-bond donors (Lipinski definition) is 1. The second-order valence-electron chi connectivity index (χ2n) is 5.01. The summed E-state index contributed by atoms with van der Waals surface area (Å²) in [6.07, 6.45) is 4.71. The van der Waals surface area contributed by atoms with Crippen molar-refractivity contribution in [1.29, 1.82) is 0 Å². The first kappa shape index (κ1) is 11.4. The van der Waals surface area contributed by atoms with Crippen LogP contribution in [0.4, 0.5) is 0 Å². The van der Waals surface area contributed by atoms with Gasteiger partial charge < -0.3 is 10.0 Å². The van der Waals surface area contributed by atoms with Gasteiger partial charge in [0, 0.05) is 12.5 Å². The fraction of sp³-hybridized carbons (Fsp3) is 0.833. The fourth-order valence-corrected chi connectivity index (χ4v) is 2.51. The third kappa shape index (κ3) is 2.20. The van der Waals surface area contributed by atoms with Gasteiger partial charge >= 0.3 is 5.97 Å². The quantitative estimate of drug-likeness (QED) is 0.791. The highest BCUT2D eigenvalue weighted by atomic mass is 16.4. The Bertz CT molecular complexity index is 299. The molecule has 0 aromatic heterocycles. The van der Waals surface area contributed by atoms with Gasteiger partial charge in [-0.25, -0.2) is 4.79 Å². The number of nitrogens with zero attached hydrogens (tertiary/aromatic N) is 1. The standard InChI is InChI=1S/C12H19NO3/c1-8(9-5-6-9)11(14)13-7-3-2-4-10(13)12(15)16/h8-10H,2-7H2,1H3,(H,15,16)/t8?,10-/m1/s1. The lowest BCUT2D eigenvalue weighted by atomic mass is 9.98. The van der Waals surface area contributed by atoms with E-state index in [1.165, 1.54) is 0 Å². The molecule has 4 heteroatoms. The molecule has 0 bridgehead atoms. The van der Waals surface area contributed by atoms with E-state index in [1.54, 1.807) is 4.90 Å². The number of hydrogen-bond acceptors (Lipinski definition) is 2. The monoisotopic (exact) mass is 225 g/mol. The second-order valence-corrected chi connectivity index (χ2v) is 5.01. The summed E-state index contributed by atoms with van der Waals surface area (Å²) in [4.78, 5) is 24.8. The summed E-state index contributed by atoms with van der Waals surface area (Å²) in [5, 5.41) is 9.10. The van der Waals surface area contributed by atoms with Gasteiger partial charge in [0.25, 0.3) is 0 Å². The molecule has 1 amide bonds. The highest BCUT2D eigenvalue weighted by Crippen LogP contribution is 2.38. The van der Waals surface area contributed by atoms with Crippen molar-refractivity contribution in [2.24, 2.45) is 11.8 Å². The maximum Gasteiger partial charge on any atom is 0.326 e. The van der Waals surface area contributed by atoms with Crippen LogP contribution >= 0.6 is 0 Å². The van der Waals surface area contributed by atoms with Gasteiger partial charge in [-0.1, -0.05) is 6.92 Å². The molecule has 1 aliphatic carbocycles. The van der Waals surface area contributed by atoms with Crippen LogP contribution in [0.2, 0.25) is 0 Å². The van der Waals surface area contributed by atoms with Crippen LogP contribution in [0.1, 0.15) is 39.0 Å². The van der Waals surface area contributed by atoms with Gasteiger partial charge in [0.15, 0.2) is 0 Å². The number of carboxylic acids is 1. The minimum absolute atomic E-state index is 0.0138. The number of carbonyl (C=O) groups is 2. The van der Waals surface area contributed by atoms with Gasteiger partial charge in [-0.2, -0.15) is 0 Å². The Kier molecular flexibility index (Phi) is 3.17. The Morgan fingerprint density at radius 3 is 2.50 bits per heavy atom. The molecule has 1 N–H and O–H groups in total. The van der Waals surface area contributed by atoms with Gasteiger partial charge in [-0.05, 0) is 38.0 Å². The molecule has 0 aromatic rings. The van der Waals surface area contributed by atoms with E-state index in [4.69, 9.17) is 5.11 Å². The van der Waals surface area contributed by atoms with Gasteiger partial charge in [0.1, 0.15) is 6.04 Å². The number of piperidine rings is 1. The van der Waals surface area contributed by atoms with Crippen molar-refractivity contribution in [3.8, 4) is 0 Å². The average molecular weight is 225 g/mol. The minimum atomic E-state index is -0.851. The molecule has 1 heterocycles. The summed E-state index contributed by atoms with van der Waals surface area (Å²) in [5.41, 5.74) is 0. The van der Waals surface area contributed by atoms with Crippen LogP contribution in [0.15, 0.2) is 0 Å². The van der Waals surface area contributed by atoms with Crippen molar-refractivity contribution < 1.29 is 14.7 Å². The van der Waals surface area contributed by atoms with E-state index >= 15 is 0 Å². The van der Waals surface area contributed by atoms with Crippen LogP contribution in [0.3, 0.4) is 0 Å². The summed E-state index contributed by atoms with van der Waals surface area (Å²) < 4.78 is 0. The van der Waals surface area contributed by atoms with Crippen molar-refractivity contribution in [3.05, 3.63) is 0 Å². The summed E-state index contributed by atoms with van der Waals surface area (Å²) in [5.74, 6) is -0.283. The maximum atomic E-state index is 12.2. The number of carboxylic acid groups (broad SMARTS) is 1. The third-order valence-corrected chi connectivity index (χ3v) is 3.79. The van der Waals surface area contributed by atoms with Gasteiger partial charge in [0.05, 0.1) is 0 Å². The maximum absolute atomic E-state index is 12.2. The number of rotatable bonds is 3. The predicted octanol–water partition coefficient (Wildman–Crippen LogP) is 1.50. The molecular weight excluding hydrogens is 206 g/mol. The van der Waals surface area contributed by atoms with Crippen molar-refractivity contribution in [2.75, 3.05) is 6.54 Å². The van der Waals surface area contributed by atoms with Crippen LogP contribution in [-0.4, -0.2) is 34.5 Å². The average Bonchev–Trinajstić information content (AvgIpc) is 3.11. The molecule has 1 aliphatic heterocycles. The Morgan fingerprint density at radius 1 is 1.25 bits per heavy atom. The van der Waals surface area contributed by atoms with E-state index in [0.29, 0.717) is 18.9 Å². The van der Waals surface area contributed by atoms with Crippen LogP contribution < -0.4 is 0 Å². The van der Waals surface area contributed by atoms with Gasteiger partial charge in [0.2, 0.25) is 5.91 Å². The Balaban J connectivity index is 2.03. The van der Waals surface area contributed by atoms with E-state index in [-0.39, 0.29) is 11.8 Å². The molecule has 0 radical (unpaired) electrons. The third-order valence-electron chi connectivity index (χ3n) is 3.79. The van der Waals surface area contributed by atoms with Crippen molar-refractivity contribution >= 4 is 11.9 Å². The van der Waals surface area contributed by atoms with Crippen molar-refractivity contribution in [2.45, 2.75) is 45.1 Å². The van der Waals surface area contributed by atoms with Crippen LogP contribution in [0, 0.1) is 11.8 Å². The molecule has 2 rings (SSSR count). The summed E-state index contributed by atoms with van der Waals surface area (Å²) >= 11 is 0. The van der Waals surface area contributed by atoms with Crippen LogP contribution in [0.5, 0.6) is 0 Å². The topological polar surface area (TPSA) is 57.6 Å². The molecule has 2 atom stereocenters. The molecule has 1 saturated heterocycles. The van der Waals surface area contributed by atoms with E-state index in [9.17, 15) is 9.59 Å². The van der Waals surface area contributed by atoms with E-state index in [1.807, 2.05) is 6.92 Å². The first-order valence-electron chi connectivity index (χ1n) is 6.14. The van der Waals surface area contributed by atoms with E-state index < -0.39 is 12.0 Å². The first-order chi connectivity index (χ1) is 7.61. The van der Waals surface area contributed by atoms with Crippen molar-refractivity contribution in [3.63, 3.8) is 0 Å². The molecule has 2 aliphatic rings. The molecule has 1 unspecified atom stereocenters. The summed E-state index contributed by atoms with van der Waals surface area (Å²) in [7, 11) is 0. The lowest BCUT2D eigenvalue weighted by Gasteiger charge is -2.34. The molecule has 90 valence electrons.